The number of rotatable bonds is 5. The van der Waals surface area contributed by atoms with Crippen molar-refractivity contribution in [1.29, 1.82) is 0 Å². The van der Waals surface area contributed by atoms with Crippen molar-refractivity contribution in [3.8, 4) is 0 Å². The maximum Gasteiger partial charge on any atom is 0.327 e. The van der Waals surface area contributed by atoms with Crippen molar-refractivity contribution in [3.63, 3.8) is 0 Å². The number of methoxy groups -OCH3 is 1. The Bertz CT molecular complexity index is 649. The Kier molecular flexibility index (Phi) is 4.71. The van der Waals surface area contributed by atoms with Crippen LogP contribution in [-0.4, -0.2) is 28.8 Å². The zero-order chi connectivity index (χ0) is 15.2. The topological polar surface area (TPSA) is 73.2 Å². The summed E-state index contributed by atoms with van der Waals surface area (Å²) in [5.74, 6) is -0.516. The Labute approximate surface area is 122 Å². The normalized spacial score (nSPS) is 10.2. The van der Waals surface area contributed by atoms with Gasteiger partial charge in [-0.05, 0) is 18.1 Å². The van der Waals surface area contributed by atoms with Crippen molar-refractivity contribution >= 4 is 17.6 Å². The Morgan fingerprint density at radius 1 is 1.33 bits per heavy atom. The van der Waals surface area contributed by atoms with Gasteiger partial charge in [0.15, 0.2) is 0 Å². The molecule has 21 heavy (non-hydrogen) atoms. The molecule has 2 rings (SSSR count). The summed E-state index contributed by atoms with van der Waals surface area (Å²) in [6.07, 6.45) is 3.39. The molecule has 0 bridgehead atoms. The van der Waals surface area contributed by atoms with Gasteiger partial charge >= 0.3 is 5.97 Å². The summed E-state index contributed by atoms with van der Waals surface area (Å²) in [6, 6.07) is 7.74. The first-order chi connectivity index (χ1) is 10.1. The highest BCUT2D eigenvalue weighted by Gasteiger charge is 2.09. The lowest BCUT2D eigenvalue weighted by Crippen LogP contribution is -2.15. The van der Waals surface area contributed by atoms with Crippen molar-refractivity contribution in [3.05, 3.63) is 47.8 Å². The van der Waals surface area contributed by atoms with Crippen LogP contribution < -0.4 is 5.32 Å². The first kappa shape index (κ1) is 14.8. The van der Waals surface area contributed by atoms with E-state index in [0.29, 0.717) is 12.1 Å². The standard InChI is InChI=1S/C15H17N3O3/c1-11-5-3-4-6-12(11)7-14(19)17-13-8-16-18(9-13)10-15(20)21-2/h3-6,8-9H,7,10H2,1-2H3,(H,17,19). The minimum Gasteiger partial charge on any atom is -0.468 e. The number of carbonyl (C=O) groups is 2. The third-order valence-electron chi connectivity index (χ3n) is 3.05. The molecule has 110 valence electrons. The van der Waals surface area contributed by atoms with Crippen molar-refractivity contribution in [2.45, 2.75) is 19.9 Å². The second-order valence-electron chi connectivity index (χ2n) is 4.65. The molecule has 1 N–H and O–H groups in total. The van der Waals surface area contributed by atoms with Crippen LogP contribution in [0, 0.1) is 6.92 Å². The maximum atomic E-state index is 12.0. The second-order valence-corrected chi connectivity index (χ2v) is 4.65. The van der Waals surface area contributed by atoms with Crippen LogP contribution in [0.1, 0.15) is 11.1 Å². The molecule has 0 saturated heterocycles. The summed E-state index contributed by atoms with van der Waals surface area (Å²) in [5.41, 5.74) is 2.61. The van der Waals surface area contributed by atoms with Gasteiger partial charge in [0, 0.05) is 6.20 Å². The predicted octanol–water partition coefficient (Wildman–Crippen LogP) is 1.55. The summed E-state index contributed by atoms with van der Waals surface area (Å²) in [7, 11) is 1.32. The Balaban J connectivity index is 1.94. The zero-order valence-electron chi connectivity index (χ0n) is 12.0. The summed E-state index contributed by atoms with van der Waals surface area (Å²) in [4.78, 5) is 23.1. The van der Waals surface area contributed by atoms with E-state index in [1.165, 1.54) is 18.0 Å². The number of amides is 1. The van der Waals surface area contributed by atoms with E-state index in [0.717, 1.165) is 11.1 Å². The molecular weight excluding hydrogens is 270 g/mol. The Hall–Kier alpha value is -2.63. The van der Waals surface area contributed by atoms with Crippen molar-refractivity contribution in [1.82, 2.24) is 9.78 Å². The van der Waals surface area contributed by atoms with Crippen LogP contribution in [0.15, 0.2) is 36.7 Å². The van der Waals surface area contributed by atoms with Crippen LogP contribution in [0.3, 0.4) is 0 Å². The maximum absolute atomic E-state index is 12.0. The molecule has 0 saturated carbocycles. The molecule has 0 unspecified atom stereocenters. The molecule has 0 aliphatic heterocycles. The molecule has 0 aliphatic carbocycles. The van der Waals surface area contributed by atoms with Gasteiger partial charge in [-0.25, -0.2) is 0 Å². The lowest BCUT2D eigenvalue weighted by molar-refractivity contribution is -0.141. The average Bonchev–Trinajstić information content (AvgIpc) is 2.88. The molecule has 0 spiro atoms. The van der Waals surface area contributed by atoms with E-state index in [2.05, 4.69) is 15.2 Å². The van der Waals surface area contributed by atoms with E-state index in [9.17, 15) is 9.59 Å². The first-order valence-electron chi connectivity index (χ1n) is 6.52. The molecule has 0 atom stereocenters. The molecule has 6 heteroatoms. The largest absolute Gasteiger partial charge is 0.468 e. The van der Waals surface area contributed by atoms with Crippen LogP contribution in [0.2, 0.25) is 0 Å². The third kappa shape index (κ3) is 4.17. The van der Waals surface area contributed by atoms with Crippen LogP contribution in [0.4, 0.5) is 5.69 Å². The quantitative estimate of drug-likeness (QED) is 0.847. The van der Waals surface area contributed by atoms with Gasteiger partial charge in [-0.2, -0.15) is 5.10 Å². The van der Waals surface area contributed by atoms with Gasteiger partial charge in [0.1, 0.15) is 6.54 Å². The fourth-order valence-electron chi connectivity index (χ4n) is 1.90. The number of nitrogens with one attached hydrogen (secondary N) is 1. The van der Waals surface area contributed by atoms with Gasteiger partial charge in [0.2, 0.25) is 5.91 Å². The number of carbonyl (C=O) groups excluding carboxylic acids is 2. The second kappa shape index (κ2) is 6.69. The molecule has 0 fully saturated rings. The minimum atomic E-state index is -0.393. The number of ether oxygens (including phenoxy) is 1. The molecule has 1 amide bonds. The lowest BCUT2D eigenvalue weighted by Gasteiger charge is -2.05. The SMILES string of the molecule is COC(=O)Cn1cc(NC(=O)Cc2ccccc2C)cn1. The smallest absolute Gasteiger partial charge is 0.327 e. The van der Waals surface area contributed by atoms with E-state index in [-0.39, 0.29) is 12.5 Å². The molecule has 6 nitrogen and oxygen atoms in total. The van der Waals surface area contributed by atoms with E-state index < -0.39 is 5.97 Å². The highest BCUT2D eigenvalue weighted by atomic mass is 16.5. The molecule has 1 aromatic heterocycles. The monoisotopic (exact) mass is 287 g/mol. The molecule has 0 radical (unpaired) electrons. The highest BCUT2D eigenvalue weighted by Crippen LogP contribution is 2.10. The third-order valence-corrected chi connectivity index (χ3v) is 3.05. The highest BCUT2D eigenvalue weighted by molar-refractivity contribution is 5.92. The van der Waals surface area contributed by atoms with Crippen LogP contribution in [0.25, 0.3) is 0 Å². The fourth-order valence-corrected chi connectivity index (χ4v) is 1.90. The summed E-state index contributed by atoms with van der Waals surface area (Å²) >= 11 is 0. The molecule has 2 aromatic rings. The number of nitrogens with zero attached hydrogens (tertiary/aromatic N) is 2. The van der Waals surface area contributed by atoms with Gasteiger partial charge < -0.3 is 10.1 Å². The minimum absolute atomic E-state index is 0.0180. The van der Waals surface area contributed by atoms with Crippen LogP contribution in [0.5, 0.6) is 0 Å². The van der Waals surface area contributed by atoms with E-state index in [1.807, 2.05) is 31.2 Å². The van der Waals surface area contributed by atoms with E-state index in [4.69, 9.17) is 0 Å². The van der Waals surface area contributed by atoms with Crippen LogP contribution in [-0.2, 0) is 27.3 Å². The van der Waals surface area contributed by atoms with E-state index in [1.54, 1.807) is 6.20 Å². The molecule has 1 heterocycles. The molecular formula is C15H17N3O3. The van der Waals surface area contributed by atoms with Crippen molar-refractivity contribution in [2.75, 3.05) is 12.4 Å². The number of aryl methyl sites for hydroxylation is 1. The fraction of sp³-hybridized carbons (Fsp3) is 0.267. The van der Waals surface area contributed by atoms with Crippen molar-refractivity contribution < 1.29 is 14.3 Å². The number of hydrogen-bond acceptors (Lipinski definition) is 4. The number of esters is 1. The molecule has 1 aromatic carbocycles. The zero-order valence-corrected chi connectivity index (χ0v) is 12.0. The van der Waals surface area contributed by atoms with Gasteiger partial charge in [-0.15, -0.1) is 0 Å². The first-order valence-corrected chi connectivity index (χ1v) is 6.52. The van der Waals surface area contributed by atoms with Gasteiger partial charge in [0.05, 0.1) is 25.4 Å². The summed E-state index contributed by atoms with van der Waals surface area (Å²) < 4.78 is 5.96. The van der Waals surface area contributed by atoms with Crippen LogP contribution >= 0.6 is 0 Å². The number of hydrogen-bond donors (Lipinski definition) is 1. The predicted molar refractivity (Wildman–Crippen MR) is 77.8 cm³/mol. The number of benzene rings is 1. The van der Waals surface area contributed by atoms with Crippen molar-refractivity contribution in [2.24, 2.45) is 0 Å². The summed E-state index contributed by atoms with van der Waals surface area (Å²) in [5, 5.41) is 6.74. The van der Waals surface area contributed by atoms with Gasteiger partial charge in [-0.3, -0.25) is 14.3 Å². The number of anilines is 1. The number of aromatic nitrogens is 2. The van der Waals surface area contributed by atoms with E-state index >= 15 is 0 Å². The lowest BCUT2D eigenvalue weighted by atomic mass is 10.1. The summed E-state index contributed by atoms with van der Waals surface area (Å²) in [6.45, 7) is 1.99. The Morgan fingerprint density at radius 2 is 2.10 bits per heavy atom. The van der Waals surface area contributed by atoms with Gasteiger partial charge in [-0.1, -0.05) is 24.3 Å². The Morgan fingerprint density at radius 3 is 2.81 bits per heavy atom. The average molecular weight is 287 g/mol. The van der Waals surface area contributed by atoms with Gasteiger partial charge in [0.25, 0.3) is 0 Å². The molecule has 0 aliphatic rings.